The standard InChI is InChI=1S/C19H18ClIN2O5/c1-3-27-16-9-12(8-15(20)18(16)28-11-17(24)26-2)10-22-23-19(25)13-4-6-14(21)7-5-13/h4-10H,3,11H2,1-2H3,(H,23,25)/b22-10-. The molecule has 0 aliphatic heterocycles. The van der Waals surface area contributed by atoms with Crippen molar-refractivity contribution in [2.45, 2.75) is 6.92 Å². The van der Waals surface area contributed by atoms with Gasteiger partial charge in [-0.2, -0.15) is 5.10 Å². The molecule has 9 heteroatoms. The van der Waals surface area contributed by atoms with Crippen molar-refractivity contribution in [1.82, 2.24) is 5.43 Å². The summed E-state index contributed by atoms with van der Waals surface area (Å²) in [6, 6.07) is 10.3. The van der Waals surface area contributed by atoms with Gasteiger partial charge in [-0.3, -0.25) is 4.79 Å². The Balaban J connectivity index is 2.12. The Morgan fingerprint density at radius 1 is 1.21 bits per heavy atom. The number of nitrogens with one attached hydrogen (secondary N) is 1. The lowest BCUT2D eigenvalue weighted by Crippen LogP contribution is -2.17. The molecule has 1 amide bonds. The largest absolute Gasteiger partial charge is 0.490 e. The third-order valence-corrected chi connectivity index (χ3v) is 4.38. The molecule has 2 aromatic carbocycles. The van der Waals surface area contributed by atoms with Gasteiger partial charge in [0, 0.05) is 9.13 Å². The topological polar surface area (TPSA) is 86.2 Å². The van der Waals surface area contributed by atoms with Gasteiger partial charge in [0.15, 0.2) is 18.1 Å². The Hall–Kier alpha value is -2.33. The minimum absolute atomic E-state index is 0.231. The van der Waals surface area contributed by atoms with Crippen LogP contribution in [-0.4, -0.2) is 38.4 Å². The van der Waals surface area contributed by atoms with E-state index >= 15 is 0 Å². The predicted molar refractivity (Wildman–Crippen MR) is 114 cm³/mol. The third-order valence-electron chi connectivity index (χ3n) is 3.38. The van der Waals surface area contributed by atoms with Crippen molar-refractivity contribution in [2.75, 3.05) is 20.3 Å². The van der Waals surface area contributed by atoms with Gasteiger partial charge in [0.25, 0.3) is 5.91 Å². The Morgan fingerprint density at radius 2 is 1.93 bits per heavy atom. The Morgan fingerprint density at radius 3 is 2.57 bits per heavy atom. The summed E-state index contributed by atoms with van der Waals surface area (Å²) >= 11 is 8.40. The van der Waals surface area contributed by atoms with E-state index in [2.05, 4.69) is 37.9 Å². The molecule has 0 atom stereocenters. The van der Waals surface area contributed by atoms with Gasteiger partial charge in [0.2, 0.25) is 0 Å². The van der Waals surface area contributed by atoms with E-state index in [0.717, 1.165) is 3.57 Å². The van der Waals surface area contributed by atoms with Gasteiger partial charge < -0.3 is 14.2 Å². The summed E-state index contributed by atoms with van der Waals surface area (Å²) in [4.78, 5) is 23.4. The molecule has 0 aliphatic carbocycles. The van der Waals surface area contributed by atoms with E-state index in [1.54, 1.807) is 31.2 Å². The molecule has 0 spiro atoms. The summed E-state index contributed by atoms with van der Waals surface area (Å²) in [7, 11) is 1.26. The van der Waals surface area contributed by atoms with Gasteiger partial charge in [-0.25, -0.2) is 10.2 Å². The SMILES string of the molecule is CCOc1cc(/C=N\NC(=O)c2ccc(I)cc2)cc(Cl)c1OCC(=O)OC. The second-order valence-corrected chi connectivity index (χ2v) is 6.99. The lowest BCUT2D eigenvalue weighted by molar-refractivity contribution is -0.142. The molecule has 7 nitrogen and oxygen atoms in total. The molecule has 0 saturated carbocycles. The highest BCUT2D eigenvalue weighted by Gasteiger charge is 2.14. The number of amides is 1. The number of carbonyl (C=O) groups excluding carboxylic acids is 2. The number of ether oxygens (including phenoxy) is 3. The van der Waals surface area contributed by atoms with Crippen molar-refractivity contribution >= 4 is 52.3 Å². The molecule has 28 heavy (non-hydrogen) atoms. The van der Waals surface area contributed by atoms with Crippen LogP contribution in [0.1, 0.15) is 22.8 Å². The first-order valence-corrected chi connectivity index (χ1v) is 9.65. The van der Waals surface area contributed by atoms with Crippen molar-refractivity contribution < 1.29 is 23.8 Å². The van der Waals surface area contributed by atoms with E-state index in [0.29, 0.717) is 23.5 Å². The van der Waals surface area contributed by atoms with E-state index in [-0.39, 0.29) is 23.3 Å². The number of hydrogen-bond acceptors (Lipinski definition) is 6. The number of carbonyl (C=O) groups is 2. The number of rotatable bonds is 8. The maximum atomic E-state index is 12.1. The molecule has 0 aliphatic rings. The first-order chi connectivity index (χ1) is 13.4. The second-order valence-electron chi connectivity index (χ2n) is 5.33. The normalized spacial score (nSPS) is 10.6. The average molecular weight is 517 g/mol. The highest BCUT2D eigenvalue weighted by molar-refractivity contribution is 14.1. The Bertz CT molecular complexity index is 871. The highest BCUT2D eigenvalue weighted by Crippen LogP contribution is 2.36. The fourth-order valence-corrected chi connectivity index (χ4v) is 2.72. The lowest BCUT2D eigenvalue weighted by Gasteiger charge is -2.13. The van der Waals surface area contributed by atoms with E-state index in [9.17, 15) is 9.59 Å². The molecule has 0 fully saturated rings. The van der Waals surface area contributed by atoms with Crippen LogP contribution in [0.15, 0.2) is 41.5 Å². The molecule has 0 unspecified atom stereocenters. The molecule has 0 saturated heterocycles. The molecular weight excluding hydrogens is 499 g/mol. The molecule has 0 radical (unpaired) electrons. The summed E-state index contributed by atoms with van der Waals surface area (Å²) in [6.07, 6.45) is 1.43. The summed E-state index contributed by atoms with van der Waals surface area (Å²) in [6.45, 7) is 1.88. The first-order valence-electron chi connectivity index (χ1n) is 8.19. The number of hydrazone groups is 1. The van der Waals surface area contributed by atoms with Crippen molar-refractivity contribution in [1.29, 1.82) is 0 Å². The zero-order chi connectivity index (χ0) is 20.5. The first kappa shape index (κ1) is 22.0. The number of halogens is 2. The number of methoxy groups -OCH3 is 1. The Labute approximate surface area is 181 Å². The number of hydrogen-bond donors (Lipinski definition) is 1. The lowest BCUT2D eigenvalue weighted by atomic mass is 10.2. The van der Waals surface area contributed by atoms with Crippen LogP contribution in [0, 0.1) is 3.57 Å². The van der Waals surface area contributed by atoms with Crippen molar-refractivity contribution in [3.05, 3.63) is 56.1 Å². The van der Waals surface area contributed by atoms with E-state index in [1.807, 2.05) is 12.1 Å². The minimum Gasteiger partial charge on any atom is -0.490 e. The third kappa shape index (κ3) is 6.38. The number of esters is 1. The summed E-state index contributed by atoms with van der Waals surface area (Å²) in [5.41, 5.74) is 3.53. The van der Waals surface area contributed by atoms with Gasteiger partial charge in [-0.05, 0) is 71.5 Å². The van der Waals surface area contributed by atoms with E-state index in [1.165, 1.54) is 13.3 Å². The van der Waals surface area contributed by atoms with Gasteiger partial charge in [-0.15, -0.1) is 0 Å². The van der Waals surface area contributed by atoms with Crippen LogP contribution in [0.5, 0.6) is 11.5 Å². The second kappa shape index (κ2) is 10.9. The number of benzene rings is 2. The van der Waals surface area contributed by atoms with Crippen molar-refractivity contribution in [3.63, 3.8) is 0 Å². The van der Waals surface area contributed by atoms with Gasteiger partial charge in [0.05, 0.1) is 25.0 Å². The van der Waals surface area contributed by atoms with Crippen molar-refractivity contribution in [2.24, 2.45) is 5.10 Å². The highest BCUT2D eigenvalue weighted by atomic mass is 127. The summed E-state index contributed by atoms with van der Waals surface area (Å²) < 4.78 is 16.5. The average Bonchev–Trinajstić information content (AvgIpc) is 2.67. The summed E-state index contributed by atoms with van der Waals surface area (Å²) in [5, 5.41) is 4.18. The Kier molecular flexibility index (Phi) is 8.52. The van der Waals surface area contributed by atoms with E-state index < -0.39 is 5.97 Å². The fourth-order valence-electron chi connectivity index (χ4n) is 2.09. The van der Waals surface area contributed by atoms with Crippen LogP contribution in [-0.2, 0) is 9.53 Å². The van der Waals surface area contributed by atoms with Crippen molar-refractivity contribution in [3.8, 4) is 11.5 Å². The van der Waals surface area contributed by atoms with Crippen LogP contribution >= 0.6 is 34.2 Å². The quantitative estimate of drug-likeness (QED) is 0.251. The smallest absolute Gasteiger partial charge is 0.343 e. The molecule has 1 N–H and O–H groups in total. The molecule has 148 valence electrons. The van der Waals surface area contributed by atoms with Crippen LogP contribution in [0.4, 0.5) is 0 Å². The molecule has 2 aromatic rings. The predicted octanol–water partition coefficient (Wildman–Crippen LogP) is 3.66. The van der Waals surface area contributed by atoms with Gasteiger partial charge in [0.1, 0.15) is 0 Å². The number of nitrogens with zero attached hydrogens (tertiary/aromatic N) is 1. The zero-order valence-corrected chi connectivity index (χ0v) is 18.1. The molecule has 0 aromatic heterocycles. The maximum Gasteiger partial charge on any atom is 0.343 e. The van der Waals surface area contributed by atoms with Crippen LogP contribution in [0.2, 0.25) is 5.02 Å². The molecular formula is C19H18ClIN2O5. The maximum absolute atomic E-state index is 12.1. The van der Waals surface area contributed by atoms with E-state index in [4.69, 9.17) is 21.1 Å². The van der Waals surface area contributed by atoms with Crippen LogP contribution < -0.4 is 14.9 Å². The molecule has 2 rings (SSSR count). The van der Waals surface area contributed by atoms with Crippen LogP contribution in [0.3, 0.4) is 0 Å². The van der Waals surface area contributed by atoms with Crippen LogP contribution in [0.25, 0.3) is 0 Å². The molecule has 0 heterocycles. The zero-order valence-electron chi connectivity index (χ0n) is 15.2. The fraction of sp³-hybridized carbons (Fsp3) is 0.211. The van der Waals surface area contributed by atoms with Gasteiger partial charge in [-0.1, -0.05) is 11.6 Å². The molecule has 0 bridgehead atoms. The minimum atomic E-state index is -0.539. The van der Waals surface area contributed by atoms with Gasteiger partial charge >= 0.3 is 5.97 Å². The summed E-state index contributed by atoms with van der Waals surface area (Å²) in [5.74, 6) is -0.289. The monoisotopic (exact) mass is 516 g/mol.